The van der Waals surface area contributed by atoms with E-state index in [1.807, 2.05) is 30.3 Å². The van der Waals surface area contributed by atoms with Crippen LogP contribution in [0.5, 0.6) is 28.7 Å². The highest BCUT2D eigenvalue weighted by atomic mass is 16.5. The SMILES string of the molecule is COc1ccc(C2(c3ccc(OC)cc3)C=Cc3c4c(c5ccccc5c3O2)C(C)c2cc(OC)c3cc(OC)ccc3c2-4)cc1. The van der Waals surface area contributed by atoms with Gasteiger partial charge in [-0.1, -0.05) is 55.5 Å². The van der Waals surface area contributed by atoms with Crippen LogP contribution in [0.1, 0.15) is 40.7 Å². The first-order chi connectivity index (χ1) is 22.5. The lowest BCUT2D eigenvalue weighted by atomic mass is 9.81. The fourth-order valence-electron chi connectivity index (χ4n) is 7.46. The van der Waals surface area contributed by atoms with Crippen LogP contribution in [0.2, 0.25) is 0 Å². The molecule has 8 rings (SSSR count). The number of ether oxygens (including phenoxy) is 5. The third-order valence-electron chi connectivity index (χ3n) is 9.74. The molecule has 0 aromatic heterocycles. The fourth-order valence-corrected chi connectivity index (χ4v) is 7.46. The maximum Gasteiger partial charge on any atom is 0.178 e. The summed E-state index contributed by atoms with van der Waals surface area (Å²) in [6.45, 7) is 2.30. The van der Waals surface area contributed by atoms with E-state index in [-0.39, 0.29) is 5.92 Å². The first-order valence-electron chi connectivity index (χ1n) is 15.5. The molecule has 1 atom stereocenters. The van der Waals surface area contributed by atoms with Gasteiger partial charge in [0, 0.05) is 33.4 Å². The van der Waals surface area contributed by atoms with Gasteiger partial charge in [0.05, 0.1) is 28.4 Å². The van der Waals surface area contributed by atoms with Crippen LogP contribution in [-0.4, -0.2) is 28.4 Å². The minimum Gasteiger partial charge on any atom is -0.497 e. The predicted molar refractivity (Wildman–Crippen MR) is 184 cm³/mol. The molecule has 46 heavy (non-hydrogen) atoms. The van der Waals surface area contributed by atoms with Crippen LogP contribution in [0.4, 0.5) is 0 Å². The summed E-state index contributed by atoms with van der Waals surface area (Å²) in [7, 11) is 6.80. The number of hydrogen-bond acceptors (Lipinski definition) is 5. The van der Waals surface area contributed by atoms with Crippen LogP contribution in [0.15, 0.2) is 103 Å². The molecule has 6 aromatic carbocycles. The maximum absolute atomic E-state index is 7.41. The highest BCUT2D eigenvalue weighted by Gasteiger charge is 2.41. The van der Waals surface area contributed by atoms with Crippen LogP contribution >= 0.6 is 0 Å². The Bertz CT molecular complexity index is 2130. The molecule has 1 heterocycles. The molecule has 1 aliphatic heterocycles. The third-order valence-corrected chi connectivity index (χ3v) is 9.74. The summed E-state index contributed by atoms with van der Waals surface area (Å²) in [5, 5.41) is 4.43. The van der Waals surface area contributed by atoms with Crippen molar-refractivity contribution in [1.29, 1.82) is 0 Å². The van der Waals surface area contributed by atoms with Gasteiger partial charge in [-0.15, -0.1) is 0 Å². The van der Waals surface area contributed by atoms with Gasteiger partial charge in [0.25, 0.3) is 0 Å². The topological polar surface area (TPSA) is 46.2 Å². The smallest absolute Gasteiger partial charge is 0.178 e. The molecule has 5 heteroatoms. The second-order valence-electron chi connectivity index (χ2n) is 11.9. The van der Waals surface area contributed by atoms with Crippen LogP contribution in [0.3, 0.4) is 0 Å². The van der Waals surface area contributed by atoms with Crippen molar-refractivity contribution in [2.75, 3.05) is 28.4 Å². The van der Waals surface area contributed by atoms with Gasteiger partial charge in [0.1, 0.15) is 28.7 Å². The van der Waals surface area contributed by atoms with E-state index in [0.29, 0.717) is 0 Å². The molecule has 0 bridgehead atoms. The normalized spacial score (nSPS) is 15.5. The lowest BCUT2D eigenvalue weighted by Crippen LogP contribution is -2.34. The summed E-state index contributed by atoms with van der Waals surface area (Å²) in [4.78, 5) is 0. The first kappa shape index (κ1) is 28.1. The Morgan fingerprint density at radius 2 is 1.20 bits per heavy atom. The highest BCUT2D eigenvalue weighted by Crippen LogP contribution is 2.58. The Labute approximate surface area is 268 Å². The molecule has 0 N–H and O–H groups in total. The van der Waals surface area contributed by atoms with Gasteiger partial charge in [-0.2, -0.15) is 0 Å². The molecule has 0 radical (unpaired) electrons. The molecule has 6 aromatic rings. The summed E-state index contributed by atoms with van der Waals surface area (Å²) in [5.74, 6) is 4.24. The van der Waals surface area contributed by atoms with Crippen LogP contribution in [-0.2, 0) is 5.60 Å². The summed E-state index contributed by atoms with van der Waals surface area (Å²) in [6, 6.07) is 33.3. The molecule has 0 amide bonds. The van der Waals surface area contributed by atoms with Gasteiger partial charge in [0.2, 0.25) is 0 Å². The average molecular weight is 607 g/mol. The molecular formula is C41H34O5. The highest BCUT2D eigenvalue weighted by molar-refractivity contribution is 6.12. The quantitative estimate of drug-likeness (QED) is 0.189. The monoisotopic (exact) mass is 606 g/mol. The Morgan fingerprint density at radius 1 is 0.587 bits per heavy atom. The Balaban J connectivity index is 1.44. The van der Waals surface area contributed by atoms with Crippen LogP contribution in [0, 0.1) is 0 Å². The summed E-state index contributed by atoms with van der Waals surface area (Å²) >= 11 is 0. The molecule has 5 nitrogen and oxygen atoms in total. The van der Waals surface area contributed by atoms with Crippen molar-refractivity contribution in [3.63, 3.8) is 0 Å². The van der Waals surface area contributed by atoms with Crippen molar-refractivity contribution in [2.45, 2.75) is 18.4 Å². The van der Waals surface area contributed by atoms with Crippen LogP contribution in [0.25, 0.3) is 38.7 Å². The van der Waals surface area contributed by atoms with E-state index < -0.39 is 5.60 Å². The molecule has 1 aliphatic carbocycles. The van der Waals surface area contributed by atoms with E-state index in [2.05, 4.69) is 85.8 Å². The molecule has 2 aliphatic rings. The summed E-state index contributed by atoms with van der Waals surface area (Å²) < 4.78 is 30.0. The van der Waals surface area contributed by atoms with E-state index in [4.69, 9.17) is 23.7 Å². The Hall–Kier alpha value is -5.42. The lowest BCUT2D eigenvalue weighted by Gasteiger charge is -2.37. The number of hydrogen-bond donors (Lipinski definition) is 0. The van der Waals surface area contributed by atoms with Crippen molar-refractivity contribution in [3.05, 3.63) is 131 Å². The van der Waals surface area contributed by atoms with E-state index in [9.17, 15) is 0 Å². The summed E-state index contributed by atoms with van der Waals surface area (Å²) in [5.41, 5.74) is 7.19. The van der Waals surface area contributed by atoms with Gasteiger partial charge in [0.15, 0.2) is 5.60 Å². The molecule has 0 spiro atoms. The lowest BCUT2D eigenvalue weighted by molar-refractivity contribution is 0.163. The molecule has 228 valence electrons. The van der Waals surface area contributed by atoms with E-state index >= 15 is 0 Å². The maximum atomic E-state index is 7.41. The zero-order valence-electron chi connectivity index (χ0n) is 26.5. The van der Waals surface area contributed by atoms with Crippen molar-refractivity contribution < 1.29 is 23.7 Å². The zero-order chi connectivity index (χ0) is 31.6. The average Bonchev–Trinajstić information content (AvgIpc) is 3.42. The number of methoxy groups -OCH3 is 4. The van der Waals surface area contributed by atoms with Gasteiger partial charge < -0.3 is 23.7 Å². The standard InChI is InChI=1S/C41H34O5/c1-24-34-23-36(45-5)35-22-29(44-4)18-19-31(35)38(34)39-33-20-21-41(25-10-14-27(42-2)15-11-25,26-12-16-28(43-3)17-13-26)46-40(33)32-9-7-6-8-30(32)37(24)39/h6-24H,1-5H3. The van der Waals surface area contributed by atoms with Crippen molar-refractivity contribution in [3.8, 4) is 39.9 Å². The van der Waals surface area contributed by atoms with Crippen molar-refractivity contribution in [2.24, 2.45) is 0 Å². The third kappa shape index (κ3) is 3.94. The number of benzene rings is 6. The molecule has 1 unspecified atom stereocenters. The minimum atomic E-state index is -0.884. The Morgan fingerprint density at radius 3 is 1.80 bits per heavy atom. The largest absolute Gasteiger partial charge is 0.497 e. The number of rotatable bonds is 6. The van der Waals surface area contributed by atoms with E-state index in [1.54, 1.807) is 28.4 Å². The van der Waals surface area contributed by atoms with Crippen LogP contribution < -0.4 is 23.7 Å². The van der Waals surface area contributed by atoms with E-state index in [0.717, 1.165) is 61.6 Å². The van der Waals surface area contributed by atoms with Gasteiger partial charge >= 0.3 is 0 Å². The van der Waals surface area contributed by atoms with Crippen molar-refractivity contribution >= 4 is 27.6 Å². The van der Waals surface area contributed by atoms with Gasteiger partial charge in [-0.05, 0) is 93.7 Å². The second-order valence-corrected chi connectivity index (χ2v) is 11.9. The molecular weight excluding hydrogens is 572 g/mol. The second kappa shape index (κ2) is 10.6. The first-order valence-corrected chi connectivity index (χ1v) is 15.5. The van der Waals surface area contributed by atoms with Gasteiger partial charge in [-0.3, -0.25) is 0 Å². The minimum absolute atomic E-state index is 0.156. The fraction of sp³-hybridized carbons (Fsp3) is 0.171. The van der Waals surface area contributed by atoms with Crippen molar-refractivity contribution in [1.82, 2.24) is 0 Å². The van der Waals surface area contributed by atoms with Gasteiger partial charge in [-0.25, -0.2) is 0 Å². The molecule has 0 saturated heterocycles. The molecule has 0 fully saturated rings. The Kier molecular flexibility index (Phi) is 6.47. The summed E-state index contributed by atoms with van der Waals surface area (Å²) in [6.07, 6.45) is 4.46. The predicted octanol–water partition coefficient (Wildman–Crippen LogP) is 9.51. The van der Waals surface area contributed by atoms with E-state index in [1.165, 1.54) is 27.6 Å². The zero-order valence-corrected chi connectivity index (χ0v) is 26.5. The number of fused-ring (bicyclic) bond motifs is 10. The molecule has 0 saturated carbocycles.